The maximum Gasteiger partial charge on any atom is 0.322 e. The van der Waals surface area contributed by atoms with Gasteiger partial charge in [-0.05, 0) is 30.3 Å². The molecule has 3 aromatic rings. The molecule has 3 rings (SSSR count). The molecule has 0 radical (unpaired) electrons. The molecule has 0 saturated carbocycles. The Morgan fingerprint density at radius 2 is 1.54 bits per heavy atom. The molecule has 1 N–H and O–H groups in total. The van der Waals surface area contributed by atoms with E-state index >= 15 is 0 Å². The number of anilines is 1. The van der Waals surface area contributed by atoms with Gasteiger partial charge in [-0.3, -0.25) is 10.1 Å². The molecule has 146 valence electrons. The lowest BCUT2D eigenvalue weighted by Crippen LogP contribution is -2.13. The highest BCUT2D eigenvalue weighted by Gasteiger charge is 2.18. The van der Waals surface area contributed by atoms with Crippen molar-refractivity contribution < 1.29 is 28.2 Å². The molecule has 2 aromatic carbocycles. The summed E-state index contributed by atoms with van der Waals surface area (Å²) in [6.45, 7) is 0. The van der Waals surface area contributed by atoms with Gasteiger partial charge in [0.05, 0.1) is 34.0 Å². The van der Waals surface area contributed by atoms with Crippen LogP contribution in [0.4, 0.5) is 6.01 Å². The van der Waals surface area contributed by atoms with E-state index in [0.29, 0.717) is 28.6 Å². The van der Waals surface area contributed by atoms with Gasteiger partial charge in [0.2, 0.25) is 5.89 Å². The normalized spacial score (nSPS) is 10.3. The molecule has 9 nitrogen and oxygen atoms in total. The van der Waals surface area contributed by atoms with E-state index in [9.17, 15) is 4.79 Å². The smallest absolute Gasteiger partial charge is 0.322 e. The van der Waals surface area contributed by atoms with Gasteiger partial charge in [0, 0.05) is 11.6 Å². The minimum atomic E-state index is -0.478. The Balaban J connectivity index is 1.85. The van der Waals surface area contributed by atoms with Crippen LogP contribution in [0.3, 0.4) is 0 Å². The largest absolute Gasteiger partial charge is 0.497 e. The van der Waals surface area contributed by atoms with Crippen LogP contribution in [0.1, 0.15) is 10.4 Å². The molecule has 0 saturated heterocycles. The van der Waals surface area contributed by atoms with E-state index in [1.807, 2.05) is 0 Å². The summed E-state index contributed by atoms with van der Waals surface area (Å²) in [5, 5.41) is 10.4. The first kappa shape index (κ1) is 19.0. The monoisotopic (exact) mass is 385 g/mol. The van der Waals surface area contributed by atoms with E-state index in [-0.39, 0.29) is 17.5 Å². The first-order chi connectivity index (χ1) is 13.6. The van der Waals surface area contributed by atoms with Crippen LogP contribution in [0, 0.1) is 0 Å². The van der Waals surface area contributed by atoms with Gasteiger partial charge in [0.1, 0.15) is 23.0 Å². The summed E-state index contributed by atoms with van der Waals surface area (Å²) in [6, 6.07) is 9.97. The number of hydrogen-bond acceptors (Lipinski definition) is 8. The molecule has 9 heteroatoms. The summed E-state index contributed by atoms with van der Waals surface area (Å²) in [7, 11) is 6.06. The molecular weight excluding hydrogens is 366 g/mol. The summed E-state index contributed by atoms with van der Waals surface area (Å²) < 4.78 is 26.4. The van der Waals surface area contributed by atoms with Gasteiger partial charge in [0.25, 0.3) is 5.91 Å². The molecule has 0 fully saturated rings. The van der Waals surface area contributed by atoms with Gasteiger partial charge >= 0.3 is 6.01 Å². The molecule has 0 aliphatic heterocycles. The topological polar surface area (TPSA) is 105 Å². The quantitative estimate of drug-likeness (QED) is 0.662. The van der Waals surface area contributed by atoms with Gasteiger partial charge in [0.15, 0.2) is 0 Å². The number of ether oxygens (including phenoxy) is 4. The van der Waals surface area contributed by atoms with E-state index in [0.717, 1.165) is 0 Å². The van der Waals surface area contributed by atoms with Crippen LogP contribution in [0.5, 0.6) is 23.0 Å². The Morgan fingerprint density at radius 3 is 2.14 bits per heavy atom. The fraction of sp³-hybridized carbons (Fsp3) is 0.211. The van der Waals surface area contributed by atoms with E-state index in [4.69, 9.17) is 23.4 Å². The number of carbonyl (C=O) groups excluding carboxylic acids is 1. The third-order valence-electron chi connectivity index (χ3n) is 3.90. The molecule has 0 spiro atoms. The summed E-state index contributed by atoms with van der Waals surface area (Å²) in [5.74, 6) is 1.76. The third kappa shape index (κ3) is 3.98. The summed E-state index contributed by atoms with van der Waals surface area (Å²) >= 11 is 0. The van der Waals surface area contributed by atoms with Crippen LogP contribution in [0.2, 0.25) is 0 Å². The second-order valence-electron chi connectivity index (χ2n) is 5.53. The van der Waals surface area contributed by atoms with Crippen molar-refractivity contribution in [3.63, 3.8) is 0 Å². The van der Waals surface area contributed by atoms with Crippen molar-refractivity contribution in [3.05, 3.63) is 42.0 Å². The van der Waals surface area contributed by atoms with Crippen LogP contribution in [-0.2, 0) is 0 Å². The predicted octanol–water partition coefficient (Wildman–Crippen LogP) is 3.02. The van der Waals surface area contributed by atoms with Gasteiger partial charge in [-0.1, -0.05) is 5.10 Å². The molecule has 28 heavy (non-hydrogen) atoms. The van der Waals surface area contributed by atoms with Crippen molar-refractivity contribution in [1.29, 1.82) is 0 Å². The Kier molecular flexibility index (Phi) is 5.64. The maximum atomic E-state index is 12.6. The van der Waals surface area contributed by atoms with Gasteiger partial charge in [-0.25, -0.2) is 0 Å². The molecule has 0 aliphatic rings. The highest BCUT2D eigenvalue weighted by atomic mass is 16.5. The van der Waals surface area contributed by atoms with Crippen molar-refractivity contribution in [1.82, 2.24) is 10.2 Å². The number of nitrogens with one attached hydrogen (secondary N) is 1. The lowest BCUT2D eigenvalue weighted by atomic mass is 10.1. The second-order valence-corrected chi connectivity index (χ2v) is 5.53. The lowest BCUT2D eigenvalue weighted by Gasteiger charge is -2.09. The molecule has 1 aromatic heterocycles. The summed E-state index contributed by atoms with van der Waals surface area (Å²) in [5.41, 5.74) is 0.854. The van der Waals surface area contributed by atoms with Crippen LogP contribution >= 0.6 is 0 Å². The van der Waals surface area contributed by atoms with Gasteiger partial charge < -0.3 is 23.4 Å². The van der Waals surface area contributed by atoms with Gasteiger partial charge in [-0.2, -0.15) is 0 Å². The standard InChI is InChI=1S/C19H19N3O6/c1-24-12-5-6-16(27-4)15(10-12)17(23)20-19-22-21-18(28-19)11-7-13(25-2)9-14(8-11)26-3/h5-10H,1-4H3,(H,20,22,23). The average Bonchev–Trinajstić information content (AvgIpc) is 3.21. The highest BCUT2D eigenvalue weighted by molar-refractivity contribution is 6.05. The minimum Gasteiger partial charge on any atom is -0.497 e. The number of benzene rings is 2. The van der Waals surface area contributed by atoms with Crippen molar-refractivity contribution >= 4 is 11.9 Å². The molecular formula is C19H19N3O6. The Labute approximate surface area is 161 Å². The van der Waals surface area contributed by atoms with E-state index < -0.39 is 5.91 Å². The molecule has 0 bridgehead atoms. The highest BCUT2D eigenvalue weighted by Crippen LogP contribution is 2.30. The second kappa shape index (κ2) is 8.30. The molecule has 0 aliphatic carbocycles. The fourth-order valence-corrected chi connectivity index (χ4v) is 2.48. The molecule has 1 amide bonds. The van der Waals surface area contributed by atoms with Crippen molar-refractivity contribution in [3.8, 4) is 34.5 Å². The van der Waals surface area contributed by atoms with Crippen molar-refractivity contribution in [2.24, 2.45) is 0 Å². The Morgan fingerprint density at radius 1 is 0.857 bits per heavy atom. The number of methoxy groups -OCH3 is 4. The number of aromatic nitrogens is 2. The number of carbonyl (C=O) groups is 1. The Hall–Kier alpha value is -3.75. The third-order valence-corrected chi connectivity index (χ3v) is 3.90. The van der Waals surface area contributed by atoms with Crippen LogP contribution < -0.4 is 24.3 Å². The number of nitrogens with zero attached hydrogens (tertiary/aromatic N) is 2. The van der Waals surface area contributed by atoms with Crippen LogP contribution in [0.25, 0.3) is 11.5 Å². The fourth-order valence-electron chi connectivity index (χ4n) is 2.48. The molecule has 0 atom stereocenters. The number of amides is 1. The number of rotatable bonds is 7. The van der Waals surface area contributed by atoms with Crippen LogP contribution in [-0.4, -0.2) is 44.5 Å². The zero-order chi connectivity index (χ0) is 20.1. The number of hydrogen-bond donors (Lipinski definition) is 1. The van der Waals surface area contributed by atoms with Crippen molar-refractivity contribution in [2.45, 2.75) is 0 Å². The zero-order valence-electron chi connectivity index (χ0n) is 15.8. The van der Waals surface area contributed by atoms with E-state index in [2.05, 4.69) is 15.5 Å². The van der Waals surface area contributed by atoms with Crippen molar-refractivity contribution in [2.75, 3.05) is 33.8 Å². The minimum absolute atomic E-state index is 0.0633. The molecule has 0 unspecified atom stereocenters. The SMILES string of the molecule is COc1cc(OC)cc(-c2nnc(NC(=O)c3cc(OC)ccc3OC)o2)c1. The first-order valence-corrected chi connectivity index (χ1v) is 8.18. The first-order valence-electron chi connectivity index (χ1n) is 8.18. The maximum absolute atomic E-state index is 12.6. The Bertz CT molecular complexity index is 963. The van der Waals surface area contributed by atoms with Gasteiger partial charge in [-0.15, -0.1) is 5.10 Å². The zero-order valence-corrected chi connectivity index (χ0v) is 15.8. The average molecular weight is 385 g/mol. The summed E-state index contributed by atoms with van der Waals surface area (Å²) in [6.07, 6.45) is 0. The van der Waals surface area contributed by atoms with E-state index in [1.54, 1.807) is 50.6 Å². The predicted molar refractivity (Wildman–Crippen MR) is 100 cm³/mol. The van der Waals surface area contributed by atoms with E-state index in [1.165, 1.54) is 14.2 Å². The van der Waals surface area contributed by atoms with Crippen LogP contribution in [0.15, 0.2) is 40.8 Å². The molecule has 1 heterocycles. The summed E-state index contributed by atoms with van der Waals surface area (Å²) in [4.78, 5) is 12.6. The lowest BCUT2D eigenvalue weighted by molar-refractivity contribution is 0.102.